The Labute approximate surface area is 99.0 Å². The maximum absolute atomic E-state index is 11.1. The van der Waals surface area contributed by atoms with Crippen LogP contribution in [0.5, 0.6) is 0 Å². The Kier molecular flexibility index (Phi) is 3.57. The van der Waals surface area contributed by atoms with Crippen LogP contribution >= 0.6 is 12.4 Å². The molecule has 0 spiro atoms. The van der Waals surface area contributed by atoms with E-state index in [4.69, 9.17) is 4.55 Å². The van der Waals surface area contributed by atoms with Gasteiger partial charge in [0.05, 0.1) is 4.90 Å². The first-order chi connectivity index (χ1) is 6.98. The summed E-state index contributed by atoms with van der Waals surface area (Å²) in [5, 5.41) is 2.56. The van der Waals surface area contributed by atoms with Crippen LogP contribution in [0.3, 0.4) is 0 Å². The second-order valence-electron chi connectivity index (χ2n) is 3.31. The third kappa shape index (κ3) is 2.34. The van der Waals surface area contributed by atoms with Gasteiger partial charge in [0.25, 0.3) is 10.1 Å². The molecule has 0 saturated heterocycles. The van der Waals surface area contributed by atoms with Gasteiger partial charge in [-0.15, -0.1) is 12.4 Å². The van der Waals surface area contributed by atoms with Crippen molar-refractivity contribution in [2.75, 3.05) is 5.32 Å². The molecule has 1 aliphatic heterocycles. The Morgan fingerprint density at radius 1 is 1.25 bits per heavy atom. The number of rotatable bonds is 1. The van der Waals surface area contributed by atoms with E-state index in [0.717, 1.165) is 0 Å². The summed E-state index contributed by atoms with van der Waals surface area (Å²) in [5.41, 5.74) is 0.931. The van der Waals surface area contributed by atoms with E-state index in [0.29, 0.717) is 17.7 Å². The number of hydrogen-bond acceptors (Lipinski definition) is 3. The Morgan fingerprint density at radius 2 is 1.94 bits per heavy atom. The fraction of sp³-hybridized carbons (Fsp3) is 0.222. The van der Waals surface area contributed by atoms with Crippen molar-refractivity contribution in [2.24, 2.45) is 0 Å². The molecule has 0 fully saturated rings. The molecule has 1 heterocycles. The molecule has 1 aliphatic rings. The zero-order valence-electron chi connectivity index (χ0n) is 8.13. The molecule has 7 heteroatoms. The summed E-state index contributed by atoms with van der Waals surface area (Å²) in [6.07, 6.45) is 0.566. The summed E-state index contributed by atoms with van der Waals surface area (Å²) >= 11 is 0. The molecule has 2 rings (SSSR count). The zero-order chi connectivity index (χ0) is 11.1. The molecule has 0 unspecified atom stereocenters. The van der Waals surface area contributed by atoms with Crippen molar-refractivity contribution in [3.05, 3.63) is 23.8 Å². The molecule has 88 valence electrons. The molecule has 0 saturated carbocycles. The summed E-state index contributed by atoms with van der Waals surface area (Å²) in [6, 6.07) is 4.42. The van der Waals surface area contributed by atoms with Gasteiger partial charge in [-0.25, -0.2) is 0 Å². The van der Waals surface area contributed by atoms with Gasteiger partial charge in [-0.2, -0.15) is 8.42 Å². The minimum Gasteiger partial charge on any atom is -0.326 e. The number of anilines is 1. The smallest absolute Gasteiger partial charge is 0.294 e. The van der Waals surface area contributed by atoms with Crippen molar-refractivity contribution in [3.63, 3.8) is 0 Å². The third-order valence-electron chi connectivity index (χ3n) is 2.29. The van der Waals surface area contributed by atoms with Gasteiger partial charge in [-0.05, 0) is 24.1 Å². The summed E-state index contributed by atoms with van der Waals surface area (Å²) in [4.78, 5) is 10.9. The number of halogens is 1. The first-order valence-corrected chi connectivity index (χ1v) is 5.82. The highest BCUT2D eigenvalue weighted by Gasteiger charge is 2.22. The highest BCUT2D eigenvalue weighted by atomic mass is 35.5. The van der Waals surface area contributed by atoms with Gasteiger partial charge in [0.2, 0.25) is 5.91 Å². The molecular weight excluding hydrogens is 254 g/mol. The summed E-state index contributed by atoms with van der Waals surface area (Å²) in [6.45, 7) is 0. The third-order valence-corrected chi connectivity index (χ3v) is 3.23. The van der Waals surface area contributed by atoms with Crippen molar-refractivity contribution >= 4 is 34.1 Å². The maximum atomic E-state index is 11.1. The van der Waals surface area contributed by atoms with Crippen molar-refractivity contribution < 1.29 is 17.8 Å². The van der Waals surface area contributed by atoms with Gasteiger partial charge in [0.15, 0.2) is 0 Å². The van der Waals surface area contributed by atoms with Crippen LogP contribution in [0.25, 0.3) is 0 Å². The lowest BCUT2D eigenvalue weighted by atomic mass is 10.0. The Hall–Kier alpha value is -1.11. The molecule has 0 atom stereocenters. The number of benzene rings is 1. The lowest BCUT2D eigenvalue weighted by molar-refractivity contribution is -0.116. The minimum absolute atomic E-state index is 0. The number of fused-ring (bicyclic) bond motifs is 1. The van der Waals surface area contributed by atoms with Crippen molar-refractivity contribution in [1.29, 1.82) is 0 Å². The maximum Gasteiger partial charge on any atom is 0.294 e. The normalized spacial score (nSPS) is 14.7. The van der Waals surface area contributed by atoms with Crippen molar-refractivity contribution in [1.82, 2.24) is 0 Å². The van der Waals surface area contributed by atoms with Gasteiger partial charge in [-0.1, -0.05) is 6.07 Å². The van der Waals surface area contributed by atoms with E-state index in [-0.39, 0.29) is 29.6 Å². The van der Waals surface area contributed by atoms with Crippen molar-refractivity contribution in [2.45, 2.75) is 17.7 Å². The summed E-state index contributed by atoms with van der Waals surface area (Å²) < 4.78 is 31.0. The highest BCUT2D eigenvalue weighted by molar-refractivity contribution is 7.85. The molecule has 0 bridgehead atoms. The van der Waals surface area contributed by atoms with Crippen LogP contribution in [-0.2, 0) is 21.3 Å². The zero-order valence-corrected chi connectivity index (χ0v) is 9.77. The average molecular weight is 264 g/mol. The van der Waals surface area contributed by atoms with E-state index in [1.165, 1.54) is 12.1 Å². The standard InChI is InChI=1S/C9H9NO4S.ClH/c11-9-5-4-6-7(10-9)2-1-3-8(6)15(12,13)14;/h1-3H,4-5H2,(H,10,11)(H,12,13,14);1H. The first-order valence-electron chi connectivity index (χ1n) is 4.38. The van der Waals surface area contributed by atoms with Crippen LogP contribution in [0, 0.1) is 0 Å². The number of amides is 1. The molecule has 0 aliphatic carbocycles. The van der Waals surface area contributed by atoms with E-state index in [9.17, 15) is 13.2 Å². The fourth-order valence-electron chi connectivity index (χ4n) is 1.63. The molecule has 0 radical (unpaired) electrons. The van der Waals surface area contributed by atoms with E-state index in [2.05, 4.69) is 5.32 Å². The van der Waals surface area contributed by atoms with Gasteiger partial charge in [0.1, 0.15) is 0 Å². The van der Waals surface area contributed by atoms with Crippen LogP contribution < -0.4 is 5.32 Å². The fourth-order valence-corrected chi connectivity index (χ4v) is 2.41. The molecule has 0 aromatic heterocycles. The monoisotopic (exact) mass is 263 g/mol. The second-order valence-corrected chi connectivity index (χ2v) is 4.70. The van der Waals surface area contributed by atoms with Crippen LogP contribution in [0.1, 0.15) is 12.0 Å². The van der Waals surface area contributed by atoms with E-state index in [1.807, 2.05) is 0 Å². The SMILES string of the molecule is Cl.O=C1CCc2c(cccc2S(=O)(=O)O)N1. The average Bonchev–Trinajstić information content (AvgIpc) is 2.15. The number of carbonyl (C=O) groups excluding carboxylic acids is 1. The van der Waals surface area contributed by atoms with Crippen LogP contribution in [0.15, 0.2) is 23.1 Å². The van der Waals surface area contributed by atoms with E-state index < -0.39 is 10.1 Å². The van der Waals surface area contributed by atoms with Gasteiger partial charge >= 0.3 is 0 Å². The van der Waals surface area contributed by atoms with E-state index >= 15 is 0 Å². The molecule has 1 aromatic rings. The molecule has 16 heavy (non-hydrogen) atoms. The highest BCUT2D eigenvalue weighted by Crippen LogP contribution is 2.28. The first kappa shape index (κ1) is 13.0. The van der Waals surface area contributed by atoms with Crippen LogP contribution in [-0.4, -0.2) is 18.9 Å². The summed E-state index contributed by atoms with van der Waals surface area (Å²) in [5.74, 6) is -0.144. The molecule has 1 aromatic carbocycles. The largest absolute Gasteiger partial charge is 0.326 e. The topological polar surface area (TPSA) is 83.5 Å². The number of hydrogen-bond donors (Lipinski definition) is 2. The lowest BCUT2D eigenvalue weighted by Crippen LogP contribution is -2.20. The molecule has 2 N–H and O–H groups in total. The number of nitrogens with one attached hydrogen (secondary N) is 1. The van der Waals surface area contributed by atoms with Gasteiger partial charge in [-0.3, -0.25) is 9.35 Å². The molecule has 5 nitrogen and oxygen atoms in total. The quantitative estimate of drug-likeness (QED) is 0.747. The van der Waals surface area contributed by atoms with Crippen LogP contribution in [0.4, 0.5) is 5.69 Å². The number of carbonyl (C=O) groups is 1. The Bertz CT molecular complexity index is 526. The van der Waals surface area contributed by atoms with E-state index in [1.54, 1.807) is 6.07 Å². The Morgan fingerprint density at radius 3 is 2.56 bits per heavy atom. The molecule has 1 amide bonds. The summed E-state index contributed by atoms with van der Waals surface area (Å²) in [7, 11) is -4.21. The van der Waals surface area contributed by atoms with Crippen molar-refractivity contribution in [3.8, 4) is 0 Å². The van der Waals surface area contributed by atoms with Gasteiger partial charge < -0.3 is 5.32 Å². The predicted octanol–water partition coefficient (Wildman–Crippen LogP) is 1.24. The second kappa shape index (κ2) is 4.40. The molecular formula is C9H10ClNO4S. The minimum atomic E-state index is -4.21. The lowest BCUT2D eigenvalue weighted by Gasteiger charge is -2.18. The van der Waals surface area contributed by atoms with Crippen LogP contribution in [0.2, 0.25) is 0 Å². The predicted molar refractivity (Wildman–Crippen MR) is 60.5 cm³/mol. The Balaban J connectivity index is 0.00000128. The van der Waals surface area contributed by atoms with Gasteiger partial charge in [0, 0.05) is 12.1 Å².